The second-order valence-corrected chi connectivity index (χ2v) is 4.85. The van der Waals surface area contributed by atoms with E-state index in [1.165, 1.54) is 0 Å². The molecule has 6 heteroatoms. The van der Waals surface area contributed by atoms with E-state index in [-0.39, 0.29) is 6.04 Å². The maximum absolute atomic E-state index is 5.99. The quantitative estimate of drug-likeness (QED) is 0.445. The van der Waals surface area contributed by atoms with Crippen LogP contribution in [0.3, 0.4) is 0 Å². The Bertz CT molecular complexity index is 552. The standard InChI is InChI=1S/C13H18ClN5/c1-2-5-19-8-9(7-17-19)13(18-16)11-4-3-10(14)6-12(11)15/h3-4,6-8,13,18H,2,5,15-16H2,1H3. The van der Waals surface area contributed by atoms with Crippen molar-refractivity contribution >= 4 is 17.3 Å². The summed E-state index contributed by atoms with van der Waals surface area (Å²) in [6, 6.07) is 5.20. The van der Waals surface area contributed by atoms with E-state index in [1.54, 1.807) is 18.3 Å². The second kappa shape index (κ2) is 6.06. The first kappa shape index (κ1) is 13.9. The lowest BCUT2D eigenvalue weighted by Gasteiger charge is -2.17. The molecule has 2 rings (SSSR count). The van der Waals surface area contributed by atoms with Crippen LogP contribution in [0.5, 0.6) is 0 Å². The Kier molecular flexibility index (Phi) is 4.42. The molecule has 0 fully saturated rings. The number of benzene rings is 1. The molecule has 0 aliphatic carbocycles. The van der Waals surface area contributed by atoms with E-state index in [0.29, 0.717) is 10.7 Å². The van der Waals surface area contributed by atoms with Crippen LogP contribution in [0.15, 0.2) is 30.6 Å². The molecule has 1 heterocycles. The number of nitrogens with zero attached hydrogens (tertiary/aromatic N) is 2. The van der Waals surface area contributed by atoms with Crippen LogP contribution in [0.4, 0.5) is 5.69 Å². The summed E-state index contributed by atoms with van der Waals surface area (Å²) in [6.45, 7) is 2.99. The number of nitrogen functional groups attached to an aromatic ring is 1. The summed E-state index contributed by atoms with van der Waals surface area (Å²) in [7, 11) is 0. The maximum Gasteiger partial charge on any atom is 0.0760 e. The van der Waals surface area contributed by atoms with Crippen LogP contribution in [-0.4, -0.2) is 9.78 Å². The molecule has 0 aliphatic heterocycles. The molecule has 0 saturated carbocycles. The Labute approximate surface area is 117 Å². The summed E-state index contributed by atoms with van der Waals surface area (Å²) in [4.78, 5) is 0. The Morgan fingerprint density at radius 2 is 2.26 bits per heavy atom. The minimum absolute atomic E-state index is 0.192. The van der Waals surface area contributed by atoms with Gasteiger partial charge in [0.2, 0.25) is 0 Å². The van der Waals surface area contributed by atoms with Crippen molar-refractivity contribution in [3.05, 3.63) is 46.7 Å². The molecule has 0 aliphatic rings. The van der Waals surface area contributed by atoms with Crippen LogP contribution in [0.25, 0.3) is 0 Å². The molecule has 1 aromatic carbocycles. The molecule has 0 saturated heterocycles. The topological polar surface area (TPSA) is 81.9 Å². The zero-order valence-corrected chi connectivity index (χ0v) is 11.6. The van der Waals surface area contributed by atoms with Gasteiger partial charge in [0, 0.05) is 29.0 Å². The van der Waals surface area contributed by atoms with E-state index in [4.69, 9.17) is 23.2 Å². The number of anilines is 1. The van der Waals surface area contributed by atoms with Gasteiger partial charge in [-0.15, -0.1) is 0 Å². The number of nitrogens with two attached hydrogens (primary N) is 2. The van der Waals surface area contributed by atoms with Crippen molar-refractivity contribution < 1.29 is 0 Å². The molecule has 0 radical (unpaired) electrons. The van der Waals surface area contributed by atoms with Crippen molar-refractivity contribution in [1.29, 1.82) is 0 Å². The van der Waals surface area contributed by atoms with Crippen LogP contribution < -0.4 is 17.0 Å². The Morgan fingerprint density at radius 3 is 2.89 bits per heavy atom. The third-order valence-electron chi connectivity index (χ3n) is 2.97. The van der Waals surface area contributed by atoms with Crippen molar-refractivity contribution in [2.75, 3.05) is 5.73 Å². The van der Waals surface area contributed by atoms with Gasteiger partial charge in [0.25, 0.3) is 0 Å². The molecular formula is C13H18ClN5. The highest BCUT2D eigenvalue weighted by Crippen LogP contribution is 2.28. The first-order valence-corrected chi connectivity index (χ1v) is 6.57. The minimum Gasteiger partial charge on any atom is -0.398 e. The SMILES string of the molecule is CCCn1cc(C(NN)c2ccc(Cl)cc2N)cn1. The predicted molar refractivity (Wildman–Crippen MR) is 77.5 cm³/mol. The zero-order chi connectivity index (χ0) is 13.8. The lowest BCUT2D eigenvalue weighted by molar-refractivity contribution is 0.598. The van der Waals surface area contributed by atoms with Gasteiger partial charge < -0.3 is 5.73 Å². The number of hydrogen-bond acceptors (Lipinski definition) is 4. The first-order chi connectivity index (χ1) is 9.15. The lowest BCUT2D eigenvalue weighted by atomic mass is 10.0. The molecule has 5 N–H and O–H groups in total. The van der Waals surface area contributed by atoms with E-state index in [0.717, 1.165) is 24.1 Å². The van der Waals surface area contributed by atoms with Gasteiger partial charge in [0.05, 0.1) is 12.2 Å². The van der Waals surface area contributed by atoms with Gasteiger partial charge in [-0.25, -0.2) is 5.43 Å². The van der Waals surface area contributed by atoms with Crippen LogP contribution in [0, 0.1) is 0 Å². The van der Waals surface area contributed by atoms with Crippen molar-refractivity contribution in [2.45, 2.75) is 25.9 Å². The fraction of sp³-hybridized carbons (Fsp3) is 0.308. The number of hydrazine groups is 1. The fourth-order valence-corrected chi connectivity index (χ4v) is 2.23. The largest absolute Gasteiger partial charge is 0.398 e. The highest BCUT2D eigenvalue weighted by molar-refractivity contribution is 6.30. The van der Waals surface area contributed by atoms with Crippen molar-refractivity contribution in [1.82, 2.24) is 15.2 Å². The van der Waals surface area contributed by atoms with E-state index >= 15 is 0 Å². The highest BCUT2D eigenvalue weighted by Gasteiger charge is 2.17. The minimum atomic E-state index is -0.192. The van der Waals surface area contributed by atoms with Crippen molar-refractivity contribution in [2.24, 2.45) is 5.84 Å². The number of aromatic nitrogens is 2. The first-order valence-electron chi connectivity index (χ1n) is 6.19. The summed E-state index contributed by atoms with van der Waals surface area (Å²) < 4.78 is 1.89. The van der Waals surface area contributed by atoms with E-state index in [1.807, 2.05) is 16.9 Å². The highest BCUT2D eigenvalue weighted by atomic mass is 35.5. The average molecular weight is 280 g/mol. The maximum atomic E-state index is 5.99. The third kappa shape index (κ3) is 3.07. The van der Waals surface area contributed by atoms with E-state index in [9.17, 15) is 0 Å². The Hall–Kier alpha value is -1.56. The molecule has 1 atom stereocenters. The third-order valence-corrected chi connectivity index (χ3v) is 3.20. The second-order valence-electron chi connectivity index (χ2n) is 4.41. The molecule has 0 spiro atoms. The van der Waals surface area contributed by atoms with Crippen LogP contribution in [0.1, 0.15) is 30.5 Å². The Balaban J connectivity index is 2.32. The van der Waals surface area contributed by atoms with Gasteiger partial charge >= 0.3 is 0 Å². The van der Waals surface area contributed by atoms with Gasteiger partial charge in [0.1, 0.15) is 0 Å². The molecule has 1 unspecified atom stereocenters. The molecule has 102 valence electrons. The Morgan fingerprint density at radius 1 is 1.47 bits per heavy atom. The number of nitrogens with one attached hydrogen (secondary N) is 1. The number of halogens is 1. The van der Waals surface area contributed by atoms with Gasteiger partial charge in [-0.3, -0.25) is 10.5 Å². The van der Waals surface area contributed by atoms with Crippen molar-refractivity contribution in [3.63, 3.8) is 0 Å². The van der Waals surface area contributed by atoms with Crippen molar-refractivity contribution in [3.8, 4) is 0 Å². The van der Waals surface area contributed by atoms with Crippen LogP contribution >= 0.6 is 11.6 Å². The molecule has 5 nitrogen and oxygen atoms in total. The summed E-state index contributed by atoms with van der Waals surface area (Å²) in [6.07, 6.45) is 4.81. The molecule has 1 aromatic heterocycles. The van der Waals surface area contributed by atoms with E-state index < -0.39 is 0 Å². The van der Waals surface area contributed by atoms with Gasteiger partial charge in [-0.2, -0.15) is 5.10 Å². The zero-order valence-electron chi connectivity index (χ0n) is 10.8. The van der Waals surface area contributed by atoms with Crippen LogP contribution in [-0.2, 0) is 6.54 Å². The summed E-state index contributed by atoms with van der Waals surface area (Å²) in [5.74, 6) is 5.65. The molecule has 19 heavy (non-hydrogen) atoms. The molecule has 0 bridgehead atoms. The molecular weight excluding hydrogens is 262 g/mol. The van der Waals surface area contributed by atoms with E-state index in [2.05, 4.69) is 17.4 Å². The fourth-order valence-electron chi connectivity index (χ4n) is 2.05. The van der Waals surface area contributed by atoms with Crippen LogP contribution in [0.2, 0.25) is 5.02 Å². The predicted octanol–water partition coefficient (Wildman–Crippen LogP) is 2.08. The number of hydrogen-bond donors (Lipinski definition) is 3. The van der Waals surface area contributed by atoms with Gasteiger partial charge in [0.15, 0.2) is 0 Å². The van der Waals surface area contributed by atoms with Gasteiger partial charge in [-0.1, -0.05) is 24.6 Å². The molecule has 2 aromatic rings. The molecule has 0 amide bonds. The summed E-state index contributed by atoms with van der Waals surface area (Å²) >= 11 is 5.91. The number of rotatable bonds is 5. The monoisotopic (exact) mass is 279 g/mol. The smallest absolute Gasteiger partial charge is 0.0760 e. The normalized spacial score (nSPS) is 12.6. The summed E-state index contributed by atoms with van der Waals surface area (Å²) in [5.41, 5.74) is 11.2. The average Bonchev–Trinajstić information content (AvgIpc) is 2.82. The number of aryl methyl sites for hydroxylation is 1. The summed E-state index contributed by atoms with van der Waals surface area (Å²) in [5, 5.41) is 4.91. The van der Waals surface area contributed by atoms with Gasteiger partial charge in [-0.05, 0) is 24.1 Å². The lowest BCUT2D eigenvalue weighted by Crippen LogP contribution is -2.29.